The fraction of sp³-hybridized carbons (Fsp3) is 0.273. The number of likely N-dealkylation sites (N-methyl/N-ethyl adjacent to an activating group) is 1. The molecule has 1 aromatic carbocycles. The van der Waals surface area contributed by atoms with Crippen molar-refractivity contribution in [1.82, 2.24) is 4.90 Å². The van der Waals surface area contributed by atoms with Crippen molar-refractivity contribution < 1.29 is 14.7 Å². The molecule has 1 aromatic rings. The summed E-state index contributed by atoms with van der Waals surface area (Å²) >= 11 is 0. The van der Waals surface area contributed by atoms with Gasteiger partial charge in [-0.3, -0.25) is 9.59 Å². The number of nitrogen functional groups attached to an aromatic ring is 1. The number of aromatic hydroxyl groups is 1. The Bertz CT molecular complexity index is 446. The van der Waals surface area contributed by atoms with Gasteiger partial charge in [-0.15, -0.1) is 0 Å². The fourth-order valence-electron chi connectivity index (χ4n) is 1.37. The van der Waals surface area contributed by atoms with E-state index in [-0.39, 0.29) is 29.5 Å². The Morgan fingerprint density at radius 3 is 2.53 bits per heavy atom. The summed E-state index contributed by atoms with van der Waals surface area (Å²) < 4.78 is 0. The molecule has 0 heterocycles. The van der Waals surface area contributed by atoms with Gasteiger partial charge in [0.25, 0.3) is 5.91 Å². The molecule has 2 amide bonds. The summed E-state index contributed by atoms with van der Waals surface area (Å²) in [5, 5.41) is 9.40. The van der Waals surface area contributed by atoms with E-state index in [9.17, 15) is 14.7 Å². The van der Waals surface area contributed by atoms with Crippen LogP contribution in [0.4, 0.5) is 5.69 Å². The van der Waals surface area contributed by atoms with Gasteiger partial charge in [0.05, 0.1) is 12.2 Å². The number of phenolic OH excluding ortho intramolecular Hbond substituents is 1. The maximum absolute atomic E-state index is 11.9. The first kappa shape index (κ1) is 12.8. The highest BCUT2D eigenvalue weighted by atomic mass is 16.3. The number of anilines is 1. The number of nitrogens with two attached hydrogens (primary N) is 2. The lowest BCUT2D eigenvalue weighted by Crippen LogP contribution is -2.38. The Morgan fingerprint density at radius 1 is 1.41 bits per heavy atom. The van der Waals surface area contributed by atoms with Gasteiger partial charge in [-0.05, 0) is 25.1 Å². The lowest BCUT2D eigenvalue weighted by atomic mass is 10.1. The molecule has 0 atom stereocenters. The molecule has 0 saturated heterocycles. The lowest BCUT2D eigenvalue weighted by molar-refractivity contribution is -0.118. The monoisotopic (exact) mass is 237 g/mol. The molecule has 6 heteroatoms. The van der Waals surface area contributed by atoms with E-state index in [1.54, 1.807) is 6.92 Å². The average Bonchev–Trinajstić information content (AvgIpc) is 2.28. The molecule has 0 unspecified atom stereocenters. The summed E-state index contributed by atoms with van der Waals surface area (Å²) in [5.41, 5.74) is 10.9. The Morgan fingerprint density at radius 2 is 2.06 bits per heavy atom. The van der Waals surface area contributed by atoms with Gasteiger partial charge in [0.1, 0.15) is 5.75 Å². The number of benzene rings is 1. The van der Waals surface area contributed by atoms with E-state index in [1.165, 1.54) is 23.1 Å². The SMILES string of the molecule is CCN(CC(N)=O)C(=O)c1ccc(N)c(O)c1. The number of nitrogens with zero attached hydrogens (tertiary/aromatic N) is 1. The molecule has 0 radical (unpaired) electrons. The molecular formula is C11H15N3O3. The molecule has 0 aliphatic rings. The summed E-state index contributed by atoms with van der Waals surface area (Å²) in [6, 6.07) is 4.18. The van der Waals surface area contributed by atoms with E-state index in [2.05, 4.69) is 0 Å². The molecule has 1 rings (SSSR count). The van der Waals surface area contributed by atoms with E-state index < -0.39 is 5.91 Å². The zero-order valence-electron chi connectivity index (χ0n) is 9.51. The van der Waals surface area contributed by atoms with Crippen molar-refractivity contribution in [2.45, 2.75) is 6.92 Å². The molecule has 92 valence electrons. The molecule has 0 bridgehead atoms. The topological polar surface area (TPSA) is 110 Å². The van der Waals surface area contributed by atoms with E-state index in [0.29, 0.717) is 6.54 Å². The molecule has 6 nitrogen and oxygen atoms in total. The minimum absolute atomic E-state index is 0.152. The normalized spacial score (nSPS) is 9.94. The molecule has 0 aliphatic heterocycles. The van der Waals surface area contributed by atoms with Crippen LogP contribution in [0.2, 0.25) is 0 Å². The summed E-state index contributed by atoms with van der Waals surface area (Å²) in [7, 11) is 0. The van der Waals surface area contributed by atoms with Gasteiger partial charge >= 0.3 is 0 Å². The molecule has 0 saturated carbocycles. The third-order valence-electron chi connectivity index (χ3n) is 2.29. The van der Waals surface area contributed by atoms with Crippen molar-refractivity contribution in [3.05, 3.63) is 23.8 Å². The number of phenols is 1. The van der Waals surface area contributed by atoms with Crippen LogP contribution in [-0.2, 0) is 4.79 Å². The van der Waals surface area contributed by atoms with E-state index in [0.717, 1.165) is 0 Å². The summed E-state index contributed by atoms with van der Waals surface area (Å²) in [5.74, 6) is -1.12. The predicted molar refractivity (Wildman–Crippen MR) is 63.3 cm³/mol. The summed E-state index contributed by atoms with van der Waals surface area (Å²) in [6.07, 6.45) is 0. The van der Waals surface area contributed by atoms with Crippen LogP contribution in [0.5, 0.6) is 5.75 Å². The van der Waals surface area contributed by atoms with Crippen LogP contribution >= 0.6 is 0 Å². The minimum Gasteiger partial charge on any atom is -0.506 e. The molecule has 0 spiro atoms. The third-order valence-corrected chi connectivity index (χ3v) is 2.29. The Kier molecular flexibility index (Phi) is 3.92. The number of carbonyl (C=O) groups is 2. The minimum atomic E-state index is -0.583. The van der Waals surface area contributed by atoms with Crippen molar-refractivity contribution in [1.29, 1.82) is 0 Å². The fourth-order valence-corrected chi connectivity index (χ4v) is 1.37. The smallest absolute Gasteiger partial charge is 0.254 e. The van der Waals surface area contributed by atoms with Crippen molar-refractivity contribution in [3.8, 4) is 5.75 Å². The molecule has 0 fully saturated rings. The van der Waals surface area contributed by atoms with Crippen LogP contribution in [0.3, 0.4) is 0 Å². The van der Waals surface area contributed by atoms with Gasteiger partial charge in [0.2, 0.25) is 5.91 Å². The Hall–Kier alpha value is -2.24. The third kappa shape index (κ3) is 3.10. The van der Waals surface area contributed by atoms with E-state index in [4.69, 9.17) is 11.5 Å². The van der Waals surface area contributed by atoms with Crippen LogP contribution in [0.25, 0.3) is 0 Å². The number of carbonyl (C=O) groups excluding carboxylic acids is 2. The second-order valence-electron chi connectivity index (χ2n) is 3.56. The lowest BCUT2D eigenvalue weighted by Gasteiger charge is -2.19. The van der Waals surface area contributed by atoms with Gasteiger partial charge < -0.3 is 21.5 Å². The Balaban J connectivity index is 2.93. The maximum atomic E-state index is 11.9. The first-order chi connectivity index (χ1) is 7.95. The molecule has 17 heavy (non-hydrogen) atoms. The summed E-state index contributed by atoms with van der Waals surface area (Å²) in [6.45, 7) is 1.94. The molecular weight excluding hydrogens is 222 g/mol. The first-order valence-electron chi connectivity index (χ1n) is 5.11. The van der Waals surface area contributed by atoms with Crippen LogP contribution in [-0.4, -0.2) is 34.9 Å². The number of hydrogen-bond donors (Lipinski definition) is 3. The zero-order valence-corrected chi connectivity index (χ0v) is 9.51. The molecule has 0 aliphatic carbocycles. The average molecular weight is 237 g/mol. The van der Waals surface area contributed by atoms with E-state index >= 15 is 0 Å². The van der Waals surface area contributed by atoms with Crippen molar-refractivity contribution in [2.75, 3.05) is 18.8 Å². The molecule has 0 aromatic heterocycles. The van der Waals surface area contributed by atoms with Crippen LogP contribution < -0.4 is 11.5 Å². The second kappa shape index (κ2) is 5.20. The number of rotatable bonds is 4. The van der Waals surface area contributed by atoms with Gasteiger partial charge in [0, 0.05) is 12.1 Å². The Labute approximate surface area is 98.8 Å². The number of hydrogen-bond acceptors (Lipinski definition) is 4. The molecule has 5 N–H and O–H groups in total. The van der Waals surface area contributed by atoms with Crippen LogP contribution in [0, 0.1) is 0 Å². The number of primary amides is 1. The van der Waals surface area contributed by atoms with Gasteiger partial charge in [-0.25, -0.2) is 0 Å². The first-order valence-corrected chi connectivity index (χ1v) is 5.11. The summed E-state index contributed by atoms with van der Waals surface area (Å²) in [4.78, 5) is 24.0. The second-order valence-corrected chi connectivity index (χ2v) is 3.56. The quantitative estimate of drug-likeness (QED) is 0.502. The van der Waals surface area contributed by atoms with Gasteiger partial charge in [0.15, 0.2) is 0 Å². The highest BCUT2D eigenvalue weighted by molar-refractivity contribution is 5.97. The van der Waals surface area contributed by atoms with E-state index in [1.807, 2.05) is 0 Å². The van der Waals surface area contributed by atoms with Crippen molar-refractivity contribution >= 4 is 17.5 Å². The highest BCUT2D eigenvalue weighted by Gasteiger charge is 2.16. The predicted octanol–water partition coefficient (Wildman–Crippen LogP) is -0.0782. The number of amides is 2. The largest absolute Gasteiger partial charge is 0.506 e. The van der Waals surface area contributed by atoms with Crippen LogP contribution in [0.15, 0.2) is 18.2 Å². The van der Waals surface area contributed by atoms with Crippen molar-refractivity contribution in [2.24, 2.45) is 5.73 Å². The van der Waals surface area contributed by atoms with Gasteiger partial charge in [-0.1, -0.05) is 0 Å². The van der Waals surface area contributed by atoms with Gasteiger partial charge in [-0.2, -0.15) is 0 Å². The van der Waals surface area contributed by atoms with Crippen molar-refractivity contribution in [3.63, 3.8) is 0 Å². The standard InChI is InChI=1S/C11H15N3O3/c1-2-14(6-10(13)16)11(17)7-3-4-8(12)9(15)5-7/h3-5,15H,2,6,12H2,1H3,(H2,13,16). The highest BCUT2D eigenvalue weighted by Crippen LogP contribution is 2.21. The van der Waals surface area contributed by atoms with Crippen LogP contribution in [0.1, 0.15) is 17.3 Å². The zero-order chi connectivity index (χ0) is 13.0. The maximum Gasteiger partial charge on any atom is 0.254 e.